The highest BCUT2D eigenvalue weighted by Crippen LogP contribution is 2.29. The molecule has 0 aromatic heterocycles. The van der Waals surface area contributed by atoms with Crippen LogP contribution in [0.3, 0.4) is 0 Å². The molecular formula is C20H21NOS. The van der Waals surface area contributed by atoms with Gasteiger partial charge in [0.05, 0.1) is 5.71 Å². The number of Topliss-reactive ketones (excluding diaryl/α,β-unsaturated/α-hetero) is 1. The van der Waals surface area contributed by atoms with Crippen molar-refractivity contribution in [3.05, 3.63) is 60.2 Å². The molecule has 23 heavy (non-hydrogen) atoms. The number of carbonyl (C=O) groups is 1. The second-order valence-corrected chi connectivity index (χ2v) is 7.25. The molecule has 2 aromatic rings. The predicted octanol–water partition coefficient (Wildman–Crippen LogP) is 5.62. The van der Waals surface area contributed by atoms with Gasteiger partial charge in [-0.05, 0) is 48.7 Å². The Morgan fingerprint density at radius 2 is 1.57 bits per heavy atom. The second kappa shape index (κ2) is 7.60. The second-order valence-electron chi connectivity index (χ2n) is 6.10. The maximum Gasteiger partial charge on any atom is 0.206 e. The first kappa shape index (κ1) is 16.0. The third-order valence-corrected chi connectivity index (χ3v) is 5.35. The van der Waals surface area contributed by atoms with Gasteiger partial charge in [-0.15, -0.1) is 0 Å². The molecule has 1 aliphatic carbocycles. The van der Waals surface area contributed by atoms with Crippen LogP contribution < -0.4 is 0 Å². The largest absolute Gasteiger partial charge is 0.301 e. The van der Waals surface area contributed by atoms with E-state index in [1.165, 1.54) is 30.6 Å². The number of rotatable bonds is 6. The van der Waals surface area contributed by atoms with Crippen LogP contribution in [0.25, 0.3) is 0 Å². The maximum atomic E-state index is 12.4. The van der Waals surface area contributed by atoms with Crippen molar-refractivity contribution in [3.63, 3.8) is 0 Å². The van der Waals surface area contributed by atoms with Gasteiger partial charge < -0.3 is 5.41 Å². The highest BCUT2D eigenvalue weighted by Gasteiger charge is 2.20. The van der Waals surface area contributed by atoms with Gasteiger partial charge in [0.15, 0.2) is 0 Å². The first-order chi connectivity index (χ1) is 11.2. The molecule has 0 radical (unpaired) electrons. The van der Waals surface area contributed by atoms with Gasteiger partial charge in [0.1, 0.15) is 0 Å². The zero-order chi connectivity index (χ0) is 16.1. The van der Waals surface area contributed by atoms with Crippen LogP contribution in [0.4, 0.5) is 0 Å². The van der Waals surface area contributed by atoms with E-state index >= 15 is 0 Å². The van der Waals surface area contributed by atoms with E-state index in [0.717, 1.165) is 4.90 Å². The maximum absolute atomic E-state index is 12.4. The number of nitrogens with one attached hydrogen (secondary N) is 1. The third-order valence-electron chi connectivity index (χ3n) is 4.34. The van der Waals surface area contributed by atoms with Crippen molar-refractivity contribution in [2.75, 3.05) is 0 Å². The minimum Gasteiger partial charge on any atom is -0.301 e. The molecular weight excluding hydrogens is 302 g/mol. The molecule has 0 aliphatic heterocycles. The lowest BCUT2D eigenvalue weighted by Gasteiger charge is -2.09. The van der Waals surface area contributed by atoms with E-state index in [1.54, 1.807) is 11.8 Å². The summed E-state index contributed by atoms with van der Waals surface area (Å²) in [6, 6.07) is 17.8. The van der Waals surface area contributed by atoms with Crippen molar-refractivity contribution in [1.82, 2.24) is 0 Å². The normalized spacial score (nSPS) is 14.8. The van der Waals surface area contributed by atoms with Crippen LogP contribution in [0.1, 0.15) is 42.5 Å². The molecule has 3 heteroatoms. The van der Waals surface area contributed by atoms with E-state index in [0.29, 0.717) is 17.9 Å². The third kappa shape index (κ3) is 4.32. The molecule has 0 bridgehead atoms. The average molecular weight is 323 g/mol. The van der Waals surface area contributed by atoms with Gasteiger partial charge in [0.25, 0.3) is 0 Å². The lowest BCUT2D eigenvalue weighted by atomic mass is 9.96. The molecule has 0 amide bonds. The Hall–Kier alpha value is -1.87. The van der Waals surface area contributed by atoms with Gasteiger partial charge in [-0.2, -0.15) is 0 Å². The summed E-state index contributed by atoms with van der Waals surface area (Å²) in [5.41, 5.74) is 0.894. The molecule has 1 saturated carbocycles. The van der Waals surface area contributed by atoms with Crippen LogP contribution in [0.5, 0.6) is 0 Å². The van der Waals surface area contributed by atoms with Crippen LogP contribution in [-0.4, -0.2) is 11.5 Å². The molecule has 118 valence electrons. The molecule has 0 spiro atoms. The zero-order valence-corrected chi connectivity index (χ0v) is 13.9. The van der Waals surface area contributed by atoms with Gasteiger partial charge >= 0.3 is 0 Å². The molecule has 0 heterocycles. The quantitative estimate of drug-likeness (QED) is 0.553. The average Bonchev–Trinajstić information content (AvgIpc) is 3.09. The summed E-state index contributed by atoms with van der Waals surface area (Å²) in [5, 5.41) is 8.08. The van der Waals surface area contributed by atoms with E-state index < -0.39 is 0 Å². The minimum absolute atomic E-state index is 0.117. The summed E-state index contributed by atoms with van der Waals surface area (Å²) >= 11 is 1.68. The predicted molar refractivity (Wildman–Crippen MR) is 95.6 cm³/mol. The van der Waals surface area contributed by atoms with Crippen LogP contribution in [0, 0.1) is 11.3 Å². The van der Waals surface area contributed by atoms with Crippen molar-refractivity contribution >= 4 is 23.3 Å². The van der Waals surface area contributed by atoms with E-state index in [1.807, 2.05) is 42.5 Å². The first-order valence-electron chi connectivity index (χ1n) is 8.17. The van der Waals surface area contributed by atoms with Crippen LogP contribution in [0.15, 0.2) is 64.4 Å². The van der Waals surface area contributed by atoms with Gasteiger partial charge in [0, 0.05) is 15.4 Å². The Morgan fingerprint density at radius 1 is 0.957 bits per heavy atom. The van der Waals surface area contributed by atoms with Crippen molar-refractivity contribution in [2.45, 2.75) is 41.9 Å². The van der Waals surface area contributed by atoms with E-state index in [9.17, 15) is 4.79 Å². The monoisotopic (exact) mass is 323 g/mol. The fourth-order valence-corrected chi connectivity index (χ4v) is 3.91. The molecule has 0 atom stereocenters. The summed E-state index contributed by atoms with van der Waals surface area (Å²) in [5.74, 6) is 0.424. The molecule has 0 saturated heterocycles. The van der Waals surface area contributed by atoms with Crippen LogP contribution in [0.2, 0.25) is 0 Å². The van der Waals surface area contributed by atoms with Crippen molar-refractivity contribution in [3.8, 4) is 0 Å². The lowest BCUT2D eigenvalue weighted by molar-refractivity contribution is 0.106. The van der Waals surface area contributed by atoms with E-state index in [4.69, 9.17) is 5.41 Å². The molecule has 3 rings (SSSR count). The molecule has 1 aliphatic rings. The Morgan fingerprint density at radius 3 is 2.22 bits per heavy atom. The number of hydrogen-bond acceptors (Lipinski definition) is 3. The molecule has 1 fully saturated rings. The molecule has 2 nitrogen and oxygen atoms in total. The summed E-state index contributed by atoms with van der Waals surface area (Å²) in [6.07, 6.45) is 5.47. The summed E-state index contributed by atoms with van der Waals surface area (Å²) in [7, 11) is 0. The Balaban J connectivity index is 1.61. The van der Waals surface area contributed by atoms with Gasteiger partial charge in [-0.3, -0.25) is 4.79 Å². The Labute approximate surface area is 141 Å². The van der Waals surface area contributed by atoms with Gasteiger partial charge in [-0.1, -0.05) is 55.6 Å². The summed E-state index contributed by atoms with van der Waals surface area (Å²) in [6.45, 7) is 0. The highest BCUT2D eigenvalue weighted by atomic mass is 32.2. The van der Waals surface area contributed by atoms with Crippen LogP contribution in [-0.2, 0) is 0 Å². The number of hydrogen-bond donors (Lipinski definition) is 1. The molecule has 0 unspecified atom stereocenters. The van der Waals surface area contributed by atoms with Gasteiger partial charge in [0.2, 0.25) is 5.78 Å². The number of ketones is 1. The fourth-order valence-electron chi connectivity index (χ4n) is 3.07. The smallest absolute Gasteiger partial charge is 0.206 e. The summed E-state index contributed by atoms with van der Waals surface area (Å²) < 4.78 is 0. The SMILES string of the molecule is N=C(CC1CCCC1)C(=O)c1ccc(Sc2ccccc2)cc1. The van der Waals surface area contributed by atoms with E-state index in [2.05, 4.69) is 12.1 Å². The van der Waals surface area contributed by atoms with Crippen molar-refractivity contribution < 1.29 is 4.79 Å². The standard InChI is InChI=1S/C20H21NOS/c21-19(14-15-6-4-5-7-15)20(22)16-10-12-18(13-11-16)23-17-8-2-1-3-9-17/h1-3,8-13,15,21H,4-7,14H2. The van der Waals surface area contributed by atoms with E-state index in [-0.39, 0.29) is 11.5 Å². The number of carbonyl (C=O) groups excluding carboxylic acids is 1. The number of benzene rings is 2. The topological polar surface area (TPSA) is 40.9 Å². The van der Waals surface area contributed by atoms with Crippen molar-refractivity contribution in [2.24, 2.45) is 5.92 Å². The zero-order valence-electron chi connectivity index (χ0n) is 13.1. The minimum atomic E-state index is -0.117. The molecule has 2 aromatic carbocycles. The molecule has 1 N–H and O–H groups in total. The lowest BCUT2D eigenvalue weighted by Crippen LogP contribution is -2.16. The van der Waals surface area contributed by atoms with Crippen LogP contribution >= 0.6 is 11.8 Å². The van der Waals surface area contributed by atoms with Gasteiger partial charge in [-0.25, -0.2) is 0 Å². The Kier molecular flexibility index (Phi) is 5.29. The fraction of sp³-hybridized carbons (Fsp3) is 0.300. The highest BCUT2D eigenvalue weighted by molar-refractivity contribution is 7.99. The van der Waals surface area contributed by atoms with Crippen molar-refractivity contribution in [1.29, 1.82) is 5.41 Å². The first-order valence-corrected chi connectivity index (χ1v) is 8.99. The summed E-state index contributed by atoms with van der Waals surface area (Å²) in [4.78, 5) is 14.7. The Bertz CT molecular complexity index is 673.